The predicted octanol–water partition coefficient (Wildman–Crippen LogP) is 1.56. The summed E-state index contributed by atoms with van der Waals surface area (Å²) >= 11 is 0. The minimum absolute atomic E-state index is 0.00686. The first-order chi connectivity index (χ1) is 9.63. The molecule has 1 unspecified atom stereocenters. The van der Waals surface area contributed by atoms with Crippen molar-refractivity contribution in [2.24, 2.45) is 5.92 Å². The van der Waals surface area contributed by atoms with Gasteiger partial charge in [-0.05, 0) is 36.1 Å². The van der Waals surface area contributed by atoms with Crippen molar-refractivity contribution in [1.82, 2.24) is 4.90 Å². The maximum Gasteiger partial charge on any atom is 0.303 e. The molecule has 0 radical (unpaired) electrons. The highest BCUT2D eigenvalue weighted by Gasteiger charge is 2.28. The van der Waals surface area contributed by atoms with Crippen molar-refractivity contribution >= 4 is 11.9 Å². The Balaban J connectivity index is 1.69. The minimum Gasteiger partial charge on any atom is -0.493 e. The molecule has 2 aliphatic heterocycles. The van der Waals surface area contributed by atoms with E-state index in [1.54, 1.807) is 11.0 Å². The van der Waals surface area contributed by atoms with Gasteiger partial charge in [0.05, 0.1) is 6.61 Å². The lowest BCUT2D eigenvalue weighted by atomic mass is 10.1. The number of carboxylic acids is 1. The number of hydrogen-bond donors (Lipinski definition) is 1. The molecule has 1 fully saturated rings. The van der Waals surface area contributed by atoms with E-state index in [0.29, 0.717) is 25.3 Å². The highest BCUT2D eigenvalue weighted by Crippen LogP contribution is 2.27. The number of ether oxygens (including phenoxy) is 1. The number of rotatable bonds is 3. The standard InChI is InChI=1S/C15H17NO4/c17-14(18)7-10-3-5-16(9-10)15(19)12-1-2-13-11(8-12)4-6-20-13/h1-2,8,10H,3-7,9H2,(H,17,18). The molecule has 2 aliphatic rings. The van der Waals surface area contributed by atoms with Gasteiger partial charge in [-0.3, -0.25) is 9.59 Å². The Hall–Kier alpha value is -2.04. The predicted molar refractivity (Wildman–Crippen MR) is 71.9 cm³/mol. The topological polar surface area (TPSA) is 66.8 Å². The summed E-state index contributed by atoms with van der Waals surface area (Å²) in [6, 6.07) is 5.53. The Morgan fingerprint density at radius 1 is 1.40 bits per heavy atom. The van der Waals surface area contributed by atoms with Gasteiger partial charge in [-0.2, -0.15) is 0 Å². The molecule has 1 aromatic carbocycles. The van der Waals surface area contributed by atoms with Gasteiger partial charge in [0.15, 0.2) is 0 Å². The smallest absolute Gasteiger partial charge is 0.303 e. The van der Waals surface area contributed by atoms with Crippen molar-refractivity contribution in [3.63, 3.8) is 0 Å². The lowest BCUT2D eigenvalue weighted by Gasteiger charge is -2.16. The van der Waals surface area contributed by atoms with E-state index in [0.717, 1.165) is 24.2 Å². The number of nitrogens with zero attached hydrogens (tertiary/aromatic N) is 1. The van der Waals surface area contributed by atoms with Gasteiger partial charge in [0.2, 0.25) is 0 Å². The molecule has 5 heteroatoms. The molecule has 0 spiro atoms. The van der Waals surface area contributed by atoms with Crippen LogP contribution in [0.15, 0.2) is 18.2 Å². The van der Waals surface area contributed by atoms with Crippen LogP contribution in [0.25, 0.3) is 0 Å². The van der Waals surface area contributed by atoms with Crippen molar-refractivity contribution in [3.8, 4) is 5.75 Å². The zero-order chi connectivity index (χ0) is 14.1. The average Bonchev–Trinajstić information content (AvgIpc) is 3.04. The van der Waals surface area contributed by atoms with Crippen LogP contribution < -0.4 is 4.74 Å². The van der Waals surface area contributed by atoms with Crippen LogP contribution in [-0.4, -0.2) is 41.6 Å². The Kier molecular flexibility index (Phi) is 3.34. The first-order valence-electron chi connectivity index (χ1n) is 6.90. The minimum atomic E-state index is -0.793. The number of carbonyl (C=O) groups excluding carboxylic acids is 1. The van der Waals surface area contributed by atoms with Crippen LogP contribution in [0.2, 0.25) is 0 Å². The molecular weight excluding hydrogens is 258 g/mol. The summed E-state index contributed by atoms with van der Waals surface area (Å²) < 4.78 is 5.43. The summed E-state index contributed by atoms with van der Waals surface area (Å²) in [4.78, 5) is 24.9. The monoisotopic (exact) mass is 275 g/mol. The lowest BCUT2D eigenvalue weighted by Crippen LogP contribution is -2.29. The number of benzene rings is 1. The molecule has 1 saturated heterocycles. The Morgan fingerprint density at radius 2 is 2.25 bits per heavy atom. The zero-order valence-corrected chi connectivity index (χ0v) is 11.2. The molecule has 3 rings (SSSR count). The van der Waals surface area contributed by atoms with E-state index in [1.165, 1.54) is 0 Å². The molecule has 1 atom stereocenters. The van der Waals surface area contributed by atoms with E-state index in [1.807, 2.05) is 12.1 Å². The van der Waals surface area contributed by atoms with E-state index in [2.05, 4.69) is 0 Å². The van der Waals surface area contributed by atoms with E-state index in [4.69, 9.17) is 9.84 Å². The molecule has 1 aromatic rings. The van der Waals surface area contributed by atoms with Crippen LogP contribution in [0.5, 0.6) is 5.75 Å². The molecule has 2 heterocycles. The van der Waals surface area contributed by atoms with Gasteiger partial charge in [0, 0.05) is 31.5 Å². The third-order valence-electron chi connectivity index (χ3n) is 3.97. The second kappa shape index (κ2) is 5.15. The van der Waals surface area contributed by atoms with Crippen molar-refractivity contribution in [1.29, 1.82) is 0 Å². The van der Waals surface area contributed by atoms with Crippen molar-refractivity contribution in [2.45, 2.75) is 19.3 Å². The van der Waals surface area contributed by atoms with Crippen molar-refractivity contribution < 1.29 is 19.4 Å². The maximum absolute atomic E-state index is 12.4. The molecule has 1 amide bonds. The second-order valence-corrected chi connectivity index (χ2v) is 5.42. The Bertz CT molecular complexity index is 555. The largest absolute Gasteiger partial charge is 0.493 e. The fourth-order valence-corrected chi connectivity index (χ4v) is 2.93. The molecule has 0 bridgehead atoms. The van der Waals surface area contributed by atoms with Crippen LogP contribution >= 0.6 is 0 Å². The second-order valence-electron chi connectivity index (χ2n) is 5.42. The molecule has 0 aromatic heterocycles. The highest BCUT2D eigenvalue weighted by molar-refractivity contribution is 5.95. The molecule has 1 N–H and O–H groups in total. The summed E-state index contributed by atoms with van der Waals surface area (Å²) in [5.74, 6) is 0.146. The van der Waals surface area contributed by atoms with Gasteiger partial charge >= 0.3 is 5.97 Å². The fraction of sp³-hybridized carbons (Fsp3) is 0.467. The van der Waals surface area contributed by atoms with Crippen LogP contribution in [0.3, 0.4) is 0 Å². The van der Waals surface area contributed by atoms with Crippen LogP contribution in [0, 0.1) is 5.92 Å². The third kappa shape index (κ3) is 2.48. The zero-order valence-electron chi connectivity index (χ0n) is 11.2. The number of aliphatic carboxylic acids is 1. The molecular formula is C15H17NO4. The Morgan fingerprint density at radius 3 is 3.05 bits per heavy atom. The van der Waals surface area contributed by atoms with E-state index in [-0.39, 0.29) is 18.2 Å². The molecule has 106 valence electrons. The van der Waals surface area contributed by atoms with Crippen molar-refractivity contribution in [2.75, 3.05) is 19.7 Å². The number of fused-ring (bicyclic) bond motifs is 1. The quantitative estimate of drug-likeness (QED) is 0.909. The van der Waals surface area contributed by atoms with Gasteiger partial charge in [-0.1, -0.05) is 0 Å². The maximum atomic E-state index is 12.4. The van der Waals surface area contributed by atoms with E-state index in [9.17, 15) is 9.59 Å². The number of amides is 1. The van der Waals surface area contributed by atoms with Gasteiger partial charge in [0.1, 0.15) is 5.75 Å². The molecule has 0 saturated carbocycles. The van der Waals surface area contributed by atoms with Crippen LogP contribution in [0.4, 0.5) is 0 Å². The van der Waals surface area contributed by atoms with Gasteiger partial charge < -0.3 is 14.7 Å². The third-order valence-corrected chi connectivity index (χ3v) is 3.97. The van der Waals surface area contributed by atoms with Crippen molar-refractivity contribution in [3.05, 3.63) is 29.3 Å². The summed E-state index contributed by atoms with van der Waals surface area (Å²) in [6.45, 7) is 1.86. The summed E-state index contributed by atoms with van der Waals surface area (Å²) in [6.07, 6.45) is 1.76. The summed E-state index contributed by atoms with van der Waals surface area (Å²) in [5, 5.41) is 8.80. The normalized spacial score (nSPS) is 20.6. The first kappa shape index (κ1) is 13.0. The van der Waals surface area contributed by atoms with Gasteiger partial charge in [-0.25, -0.2) is 0 Å². The van der Waals surface area contributed by atoms with Gasteiger partial charge in [-0.15, -0.1) is 0 Å². The summed E-state index contributed by atoms with van der Waals surface area (Å²) in [7, 11) is 0. The van der Waals surface area contributed by atoms with Crippen LogP contribution in [0.1, 0.15) is 28.8 Å². The Labute approximate surface area is 117 Å². The van der Waals surface area contributed by atoms with Gasteiger partial charge in [0.25, 0.3) is 5.91 Å². The van der Waals surface area contributed by atoms with E-state index >= 15 is 0 Å². The number of carboxylic acid groups (broad SMARTS) is 1. The lowest BCUT2D eigenvalue weighted by molar-refractivity contribution is -0.138. The molecule has 20 heavy (non-hydrogen) atoms. The highest BCUT2D eigenvalue weighted by atomic mass is 16.5. The van der Waals surface area contributed by atoms with E-state index < -0.39 is 5.97 Å². The summed E-state index contributed by atoms with van der Waals surface area (Å²) in [5.41, 5.74) is 1.75. The number of likely N-dealkylation sites (tertiary alicyclic amines) is 1. The number of hydrogen-bond acceptors (Lipinski definition) is 3. The molecule has 5 nitrogen and oxygen atoms in total. The first-order valence-corrected chi connectivity index (χ1v) is 6.90. The molecule has 0 aliphatic carbocycles. The SMILES string of the molecule is O=C(O)CC1CCN(C(=O)c2ccc3c(c2)CCO3)C1. The average molecular weight is 275 g/mol. The van der Waals surface area contributed by atoms with Crippen LogP contribution in [-0.2, 0) is 11.2 Å². The number of carbonyl (C=O) groups is 2. The fourth-order valence-electron chi connectivity index (χ4n) is 2.93.